The van der Waals surface area contributed by atoms with Crippen molar-refractivity contribution >= 4 is 0 Å². The molecule has 0 aliphatic rings. The average Bonchev–Trinajstić information content (AvgIpc) is 3.12. The van der Waals surface area contributed by atoms with E-state index in [1.54, 1.807) is 60.2 Å². The molecule has 1 N–H and O–H groups in total. The summed E-state index contributed by atoms with van der Waals surface area (Å²) in [6.45, 7) is 0.111. The second-order valence-electron chi connectivity index (χ2n) is 5.45. The fourth-order valence-electron chi connectivity index (χ4n) is 2.51. The van der Waals surface area contributed by atoms with Crippen LogP contribution in [0.2, 0.25) is 0 Å². The number of hydrogen-bond donors (Lipinski definition) is 1. The maximum atomic E-state index is 13.2. The Hall–Kier alpha value is -2.93. The first-order valence-electron chi connectivity index (χ1n) is 7.98. The lowest BCUT2D eigenvalue weighted by Crippen LogP contribution is -2.02. The zero-order chi connectivity index (χ0) is 18.5. The van der Waals surface area contributed by atoms with Gasteiger partial charge >= 0.3 is 0 Å². The van der Waals surface area contributed by atoms with E-state index in [1.165, 1.54) is 6.20 Å². The number of imidazole rings is 1. The van der Waals surface area contributed by atoms with Crippen molar-refractivity contribution in [2.75, 3.05) is 20.3 Å². The summed E-state index contributed by atoms with van der Waals surface area (Å²) in [5.41, 5.74) is 1.07. The summed E-state index contributed by atoms with van der Waals surface area (Å²) in [5.74, 6) is 1.67. The smallest absolute Gasteiger partial charge is 0.281 e. The average molecular weight is 360 g/mol. The summed E-state index contributed by atoms with van der Waals surface area (Å²) in [7, 11) is 1.56. The molecule has 0 radical (unpaired) electrons. The summed E-state index contributed by atoms with van der Waals surface area (Å²) in [5, 5.41) is 8.80. The van der Waals surface area contributed by atoms with E-state index >= 15 is 0 Å². The number of aliphatic hydroxyl groups is 1. The monoisotopic (exact) mass is 360 g/mol. The molecule has 3 rings (SSSR count). The SMILES string of the molecule is COc1ccc(-c2nc(C(F)F)cn2-c2ccc(OCCO)cc2)cc1. The Morgan fingerprint density at radius 2 is 1.69 bits per heavy atom. The molecule has 0 unspecified atom stereocenters. The van der Waals surface area contributed by atoms with Crippen molar-refractivity contribution in [3.05, 3.63) is 60.4 Å². The van der Waals surface area contributed by atoms with E-state index in [1.807, 2.05) is 0 Å². The predicted molar refractivity (Wildman–Crippen MR) is 93.1 cm³/mol. The minimum absolute atomic E-state index is 0.0807. The zero-order valence-electron chi connectivity index (χ0n) is 14.1. The summed E-state index contributed by atoms with van der Waals surface area (Å²) in [6.07, 6.45) is -1.34. The summed E-state index contributed by atoms with van der Waals surface area (Å²) < 4.78 is 38.4. The second-order valence-corrected chi connectivity index (χ2v) is 5.45. The quantitative estimate of drug-likeness (QED) is 0.695. The molecule has 2 aromatic carbocycles. The highest BCUT2D eigenvalue weighted by Crippen LogP contribution is 2.29. The molecular weight excluding hydrogens is 342 g/mol. The zero-order valence-corrected chi connectivity index (χ0v) is 14.1. The number of benzene rings is 2. The molecule has 136 valence electrons. The number of aromatic nitrogens is 2. The number of aliphatic hydroxyl groups excluding tert-OH is 1. The van der Waals surface area contributed by atoms with Gasteiger partial charge in [-0.25, -0.2) is 13.8 Å². The van der Waals surface area contributed by atoms with Crippen LogP contribution in [0.3, 0.4) is 0 Å². The van der Waals surface area contributed by atoms with Crippen LogP contribution in [0.1, 0.15) is 12.1 Å². The van der Waals surface area contributed by atoms with Gasteiger partial charge in [-0.1, -0.05) is 0 Å². The van der Waals surface area contributed by atoms with E-state index in [4.69, 9.17) is 14.6 Å². The Kier molecular flexibility index (Phi) is 5.48. The van der Waals surface area contributed by atoms with Gasteiger partial charge in [-0.2, -0.15) is 0 Å². The minimum atomic E-state index is -2.67. The molecule has 26 heavy (non-hydrogen) atoms. The molecule has 0 spiro atoms. The van der Waals surface area contributed by atoms with Gasteiger partial charge in [0, 0.05) is 17.4 Å². The van der Waals surface area contributed by atoms with E-state index in [-0.39, 0.29) is 18.9 Å². The fourth-order valence-corrected chi connectivity index (χ4v) is 2.51. The normalized spacial score (nSPS) is 11.0. The first kappa shape index (κ1) is 17.9. The predicted octanol–water partition coefficient (Wildman–Crippen LogP) is 3.86. The van der Waals surface area contributed by atoms with E-state index < -0.39 is 6.43 Å². The third-order valence-corrected chi connectivity index (χ3v) is 3.77. The van der Waals surface area contributed by atoms with Crippen molar-refractivity contribution in [3.8, 4) is 28.6 Å². The second kappa shape index (κ2) is 7.97. The minimum Gasteiger partial charge on any atom is -0.497 e. The molecule has 1 aromatic heterocycles. The van der Waals surface area contributed by atoms with Crippen molar-refractivity contribution in [3.63, 3.8) is 0 Å². The number of hydrogen-bond acceptors (Lipinski definition) is 4. The van der Waals surface area contributed by atoms with Gasteiger partial charge in [-0.05, 0) is 48.5 Å². The fraction of sp³-hybridized carbons (Fsp3) is 0.211. The van der Waals surface area contributed by atoms with E-state index in [9.17, 15) is 8.78 Å². The lowest BCUT2D eigenvalue weighted by atomic mass is 10.2. The largest absolute Gasteiger partial charge is 0.497 e. The van der Waals surface area contributed by atoms with Crippen molar-refractivity contribution in [2.45, 2.75) is 6.43 Å². The highest BCUT2D eigenvalue weighted by atomic mass is 19.3. The Morgan fingerprint density at radius 1 is 1.04 bits per heavy atom. The standard InChI is InChI=1S/C19H18F2N2O3/c1-25-15-6-2-13(3-7-15)19-22-17(18(20)21)12-23(19)14-4-8-16(9-5-14)26-11-10-24/h2-9,12,18,24H,10-11H2,1H3. The van der Waals surface area contributed by atoms with Crippen LogP contribution in [0.4, 0.5) is 8.78 Å². The summed E-state index contributed by atoms with van der Waals surface area (Å²) in [6, 6.07) is 14.0. The summed E-state index contributed by atoms with van der Waals surface area (Å²) in [4.78, 5) is 4.09. The molecule has 5 nitrogen and oxygen atoms in total. The molecule has 0 saturated carbocycles. The molecule has 0 atom stereocenters. The molecule has 1 heterocycles. The van der Waals surface area contributed by atoms with E-state index in [0.717, 1.165) is 0 Å². The Morgan fingerprint density at radius 3 is 2.27 bits per heavy atom. The summed E-state index contributed by atoms with van der Waals surface area (Å²) >= 11 is 0. The molecule has 0 bridgehead atoms. The molecule has 7 heteroatoms. The third kappa shape index (κ3) is 3.83. The van der Waals surface area contributed by atoms with Crippen LogP contribution in [0.15, 0.2) is 54.7 Å². The van der Waals surface area contributed by atoms with Crippen molar-refractivity contribution in [1.82, 2.24) is 9.55 Å². The van der Waals surface area contributed by atoms with E-state index in [2.05, 4.69) is 4.98 Å². The first-order chi connectivity index (χ1) is 12.6. The van der Waals surface area contributed by atoms with Crippen molar-refractivity contribution in [1.29, 1.82) is 0 Å². The number of alkyl halides is 2. The third-order valence-electron chi connectivity index (χ3n) is 3.77. The van der Waals surface area contributed by atoms with Gasteiger partial charge in [0.1, 0.15) is 29.6 Å². The number of rotatable bonds is 7. The Bertz CT molecular complexity index is 846. The van der Waals surface area contributed by atoms with Gasteiger partial charge in [0.05, 0.1) is 13.7 Å². The Balaban J connectivity index is 1.99. The Labute approximate surface area is 149 Å². The van der Waals surface area contributed by atoms with Gasteiger partial charge < -0.3 is 14.6 Å². The van der Waals surface area contributed by atoms with Crippen LogP contribution in [-0.4, -0.2) is 35.0 Å². The lowest BCUT2D eigenvalue weighted by Gasteiger charge is -2.10. The molecule has 0 aliphatic carbocycles. The highest BCUT2D eigenvalue weighted by molar-refractivity contribution is 5.60. The van der Waals surface area contributed by atoms with Crippen LogP contribution in [0, 0.1) is 0 Å². The van der Waals surface area contributed by atoms with Crippen molar-refractivity contribution in [2.24, 2.45) is 0 Å². The molecule has 0 aliphatic heterocycles. The number of halogens is 2. The van der Waals surface area contributed by atoms with Crippen LogP contribution in [0.5, 0.6) is 11.5 Å². The van der Waals surface area contributed by atoms with Crippen LogP contribution in [0.25, 0.3) is 17.1 Å². The first-order valence-corrected chi connectivity index (χ1v) is 7.98. The molecule has 3 aromatic rings. The number of methoxy groups -OCH3 is 1. The molecule has 0 amide bonds. The topological polar surface area (TPSA) is 56.5 Å². The number of nitrogens with zero attached hydrogens (tertiary/aromatic N) is 2. The molecule has 0 fully saturated rings. The van der Waals surface area contributed by atoms with Crippen LogP contribution >= 0.6 is 0 Å². The van der Waals surface area contributed by atoms with Crippen LogP contribution < -0.4 is 9.47 Å². The molecule has 0 saturated heterocycles. The highest BCUT2D eigenvalue weighted by Gasteiger charge is 2.17. The van der Waals surface area contributed by atoms with Crippen molar-refractivity contribution < 1.29 is 23.4 Å². The number of ether oxygens (including phenoxy) is 2. The van der Waals surface area contributed by atoms with Gasteiger partial charge in [0.2, 0.25) is 0 Å². The van der Waals surface area contributed by atoms with E-state index in [0.29, 0.717) is 28.6 Å². The van der Waals surface area contributed by atoms with Gasteiger partial charge in [0.15, 0.2) is 0 Å². The maximum Gasteiger partial charge on any atom is 0.281 e. The molecular formula is C19H18F2N2O3. The maximum absolute atomic E-state index is 13.2. The van der Waals surface area contributed by atoms with Gasteiger partial charge in [0.25, 0.3) is 6.43 Å². The van der Waals surface area contributed by atoms with Gasteiger partial charge in [-0.15, -0.1) is 0 Å². The lowest BCUT2D eigenvalue weighted by molar-refractivity contribution is 0.146. The van der Waals surface area contributed by atoms with Gasteiger partial charge in [-0.3, -0.25) is 4.57 Å². The van der Waals surface area contributed by atoms with Crippen LogP contribution in [-0.2, 0) is 0 Å².